The number of hydrogen-bond donors (Lipinski definition) is 2. The van der Waals surface area contributed by atoms with E-state index in [1.165, 1.54) is 18.1 Å². The van der Waals surface area contributed by atoms with Gasteiger partial charge in [0.15, 0.2) is 17.3 Å². The van der Waals surface area contributed by atoms with Crippen molar-refractivity contribution < 1.29 is 42.2 Å². The highest BCUT2D eigenvalue weighted by Gasteiger charge is 2.70. The number of aromatic nitrogens is 1. The van der Waals surface area contributed by atoms with Gasteiger partial charge in [-0.2, -0.15) is 18.2 Å². The number of ether oxygens (including phenoxy) is 1. The molecule has 1 aromatic heterocycles. The molecule has 4 aliphatic rings. The summed E-state index contributed by atoms with van der Waals surface area (Å²) in [7, 11) is 1.36. The molecule has 4 aromatic rings. The van der Waals surface area contributed by atoms with E-state index in [1.54, 1.807) is 60.7 Å². The van der Waals surface area contributed by atoms with Gasteiger partial charge in [0.2, 0.25) is 11.8 Å². The van der Waals surface area contributed by atoms with Crippen LogP contribution in [0.3, 0.4) is 0 Å². The first-order valence-electron chi connectivity index (χ1n) is 17.0. The van der Waals surface area contributed by atoms with Gasteiger partial charge >= 0.3 is 6.18 Å². The molecule has 0 spiro atoms. The number of amides is 4. The average Bonchev–Trinajstić information content (AvgIpc) is 3.53. The number of rotatable bonds is 6. The first kappa shape index (κ1) is 37.0. The van der Waals surface area contributed by atoms with Crippen LogP contribution in [0.15, 0.2) is 95.1 Å². The highest BCUT2D eigenvalue weighted by Crippen LogP contribution is 2.64. The molecule has 8 rings (SSSR count). The van der Waals surface area contributed by atoms with Gasteiger partial charge < -0.3 is 9.84 Å². The molecule has 16 heteroatoms. The third kappa shape index (κ3) is 5.71. The van der Waals surface area contributed by atoms with Gasteiger partial charge in [0.05, 0.1) is 46.6 Å². The molecule has 1 saturated carbocycles. The number of anilines is 2. The second-order valence-corrected chi connectivity index (χ2v) is 15.6. The Morgan fingerprint density at radius 2 is 1.65 bits per heavy atom. The number of methoxy groups -OCH3 is 1. The lowest BCUT2D eigenvalue weighted by Crippen LogP contribution is -2.53. The number of phenols is 1. The molecule has 2 N–H and O–H groups in total. The summed E-state index contributed by atoms with van der Waals surface area (Å²) in [5.74, 6) is -7.37. The number of carbonyl (C=O) groups excluding carboxylic acids is 4. The molecule has 6 atom stereocenters. The number of benzene rings is 3. The zero-order valence-corrected chi connectivity index (χ0v) is 31.6. The van der Waals surface area contributed by atoms with Gasteiger partial charge in [0.25, 0.3) is 11.8 Å². The summed E-state index contributed by atoms with van der Waals surface area (Å²) in [6.07, 6.45) is -2.25. The molecular formula is C39H28BrCl2F3N4O6. The van der Waals surface area contributed by atoms with Crippen molar-refractivity contribution in [3.63, 3.8) is 0 Å². The molecule has 0 bridgehead atoms. The van der Waals surface area contributed by atoms with E-state index >= 15 is 4.79 Å². The molecule has 0 radical (unpaired) electrons. The number of pyridine rings is 1. The number of fused-ring (bicyclic) bond motifs is 4. The first-order valence-corrected chi connectivity index (χ1v) is 18.6. The van der Waals surface area contributed by atoms with E-state index in [9.17, 15) is 32.7 Å². The summed E-state index contributed by atoms with van der Waals surface area (Å²) in [5.41, 5.74) is 1.60. The van der Waals surface area contributed by atoms with E-state index in [2.05, 4.69) is 26.3 Å². The van der Waals surface area contributed by atoms with Crippen molar-refractivity contribution in [3.8, 4) is 11.5 Å². The van der Waals surface area contributed by atoms with E-state index in [1.807, 2.05) is 6.08 Å². The minimum absolute atomic E-state index is 0.0501. The lowest BCUT2D eigenvalue weighted by Gasteiger charge is -2.50. The quantitative estimate of drug-likeness (QED) is 0.147. The van der Waals surface area contributed by atoms with Gasteiger partial charge in [-0.3, -0.25) is 29.5 Å². The van der Waals surface area contributed by atoms with E-state index in [-0.39, 0.29) is 36.1 Å². The zero-order valence-electron chi connectivity index (χ0n) is 28.5. The van der Waals surface area contributed by atoms with Gasteiger partial charge in [-0.05, 0) is 84.5 Å². The molecule has 0 unspecified atom stereocenters. The summed E-state index contributed by atoms with van der Waals surface area (Å²) in [6, 6.07) is 18.4. The molecule has 3 aromatic carbocycles. The Morgan fingerprint density at radius 1 is 0.945 bits per heavy atom. The average molecular weight is 856 g/mol. The Balaban J connectivity index is 1.32. The number of allylic oxidation sites excluding steroid dienone is 2. The summed E-state index contributed by atoms with van der Waals surface area (Å²) in [5, 5.41) is 11.2. The van der Waals surface area contributed by atoms with Crippen LogP contribution < -0.4 is 15.1 Å². The van der Waals surface area contributed by atoms with Crippen molar-refractivity contribution in [2.45, 2.75) is 30.4 Å². The molecule has 4 amide bonds. The van der Waals surface area contributed by atoms with Crippen LogP contribution in [0.4, 0.5) is 24.7 Å². The van der Waals surface area contributed by atoms with Gasteiger partial charge in [-0.25, -0.2) is 4.98 Å². The largest absolute Gasteiger partial charge is 0.504 e. The zero-order chi connectivity index (χ0) is 39.1. The Morgan fingerprint density at radius 3 is 2.31 bits per heavy atom. The fourth-order valence-corrected chi connectivity index (χ4v) is 9.48. The Hall–Kier alpha value is -4.92. The third-order valence-corrected chi connectivity index (χ3v) is 12.2. The topological polar surface area (TPSA) is 129 Å². The number of alkyl halides is 3. The van der Waals surface area contributed by atoms with Crippen LogP contribution in [-0.4, -0.2) is 45.8 Å². The molecule has 3 fully saturated rings. The number of hydrazine groups is 1. The lowest BCUT2D eigenvalue weighted by molar-refractivity contribution is -0.139. The Labute approximate surface area is 330 Å². The SMILES string of the molecule is COc1cc([C@H]2C3=CC[C@@H]4C(=O)N(c5ccc(Br)cc5)C(=O)[C@@H]4[C@@H]3C[C@H]3C(=O)N(Nc4ncc(C(F)(F)F)cc4Cl)C(=O)[C@@]23c2ccc(Cl)cc2)ccc1O. The number of aromatic hydroxyl groups is 1. The van der Waals surface area contributed by atoms with E-state index in [0.717, 1.165) is 9.48 Å². The summed E-state index contributed by atoms with van der Waals surface area (Å²) in [4.78, 5) is 63.6. The minimum atomic E-state index is -4.76. The summed E-state index contributed by atoms with van der Waals surface area (Å²) >= 11 is 16.0. The molecular weight excluding hydrogens is 828 g/mol. The molecule has 3 heterocycles. The number of carbonyl (C=O) groups is 4. The van der Waals surface area contributed by atoms with E-state index in [0.29, 0.717) is 39.7 Å². The van der Waals surface area contributed by atoms with Crippen molar-refractivity contribution in [1.82, 2.24) is 9.99 Å². The maximum Gasteiger partial charge on any atom is 0.417 e. The van der Waals surface area contributed by atoms with Crippen molar-refractivity contribution >= 4 is 74.3 Å². The number of imide groups is 2. The van der Waals surface area contributed by atoms with Crippen LogP contribution in [0.5, 0.6) is 11.5 Å². The fourth-order valence-electron chi connectivity index (χ4n) is 8.88. The third-order valence-electron chi connectivity index (χ3n) is 11.2. The molecule has 2 aliphatic heterocycles. The molecule has 2 saturated heterocycles. The number of nitrogens with one attached hydrogen (secondary N) is 1. The smallest absolute Gasteiger partial charge is 0.417 e. The fraction of sp³-hybridized carbons (Fsp3) is 0.256. The number of halogens is 6. The monoisotopic (exact) mass is 854 g/mol. The van der Waals surface area contributed by atoms with E-state index in [4.69, 9.17) is 27.9 Å². The van der Waals surface area contributed by atoms with Gasteiger partial charge in [-0.1, -0.05) is 69.0 Å². The van der Waals surface area contributed by atoms with Crippen LogP contribution in [-0.2, 0) is 30.8 Å². The van der Waals surface area contributed by atoms with E-state index < -0.39 is 69.5 Å². The molecule has 10 nitrogen and oxygen atoms in total. The maximum atomic E-state index is 15.3. The maximum absolute atomic E-state index is 15.3. The Kier molecular flexibility index (Phi) is 9.01. The van der Waals surface area contributed by atoms with Crippen molar-refractivity contribution in [2.24, 2.45) is 23.7 Å². The predicted molar refractivity (Wildman–Crippen MR) is 198 cm³/mol. The Bertz CT molecular complexity index is 2330. The number of nitrogens with zero attached hydrogens (tertiary/aromatic N) is 3. The molecule has 282 valence electrons. The highest BCUT2D eigenvalue weighted by molar-refractivity contribution is 9.10. The highest BCUT2D eigenvalue weighted by atomic mass is 79.9. The van der Waals surface area contributed by atoms with Crippen molar-refractivity contribution in [1.29, 1.82) is 0 Å². The predicted octanol–water partition coefficient (Wildman–Crippen LogP) is 8.07. The number of phenolic OH excluding ortho intramolecular Hbond substituents is 1. The van der Waals surface area contributed by atoms with Crippen LogP contribution in [0, 0.1) is 23.7 Å². The number of hydrogen-bond acceptors (Lipinski definition) is 8. The van der Waals surface area contributed by atoms with Crippen LogP contribution in [0.2, 0.25) is 10.0 Å². The first-order chi connectivity index (χ1) is 26.2. The van der Waals surface area contributed by atoms with Crippen molar-refractivity contribution in [3.05, 3.63) is 122 Å². The van der Waals surface area contributed by atoms with Crippen LogP contribution >= 0.6 is 39.1 Å². The molecule has 55 heavy (non-hydrogen) atoms. The van der Waals surface area contributed by atoms with Crippen LogP contribution in [0.1, 0.15) is 35.4 Å². The summed E-state index contributed by atoms with van der Waals surface area (Å²) in [6.45, 7) is 0. The lowest BCUT2D eigenvalue weighted by atomic mass is 9.49. The second-order valence-electron chi connectivity index (χ2n) is 13.8. The van der Waals surface area contributed by atoms with Gasteiger partial charge in [0.1, 0.15) is 0 Å². The van der Waals surface area contributed by atoms with Crippen molar-refractivity contribution in [2.75, 3.05) is 17.4 Å². The second kappa shape index (κ2) is 13.4. The normalized spacial score (nSPS) is 26.1. The summed E-state index contributed by atoms with van der Waals surface area (Å²) < 4.78 is 46.7. The standard InChI is InChI=1S/C39H28BrCl2F3N4O6/c1-55-30-14-18(2-13-29(30)50)32-24-11-12-25-31(36(53)48(34(25)51)23-9-5-21(40)6-10-23)26(24)16-27-35(52)49(37(54)38(27,32)19-3-7-22(41)8-4-19)47-33-28(42)15-20(17-46-33)39(43,44)45/h2-11,13-15,17,25-27,31-32,50H,12,16H2,1H3,(H,46,47)/t25-,26+,27-,31-,32-,38+/m0/s1. The van der Waals surface area contributed by atoms with Gasteiger partial charge in [-0.15, -0.1) is 0 Å². The molecule has 2 aliphatic carbocycles. The van der Waals surface area contributed by atoms with Gasteiger partial charge in [0, 0.05) is 21.6 Å². The minimum Gasteiger partial charge on any atom is -0.504 e. The van der Waals surface area contributed by atoms with Crippen LogP contribution in [0.25, 0.3) is 0 Å².